The second-order valence-electron chi connectivity index (χ2n) is 4.47. The van der Waals surface area contributed by atoms with Crippen molar-refractivity contribution in [1.82, 2.24) is 0 Å². The van der Waals surface area contributed by atoms with Gasteiger partial charge in [0, 0.05) is 17.5 Å². The summed E-state index contributed by atoms with van der Waals surface area (Å²) in [6.07, 6.45) is -6.68. The highest BCUT2D eigenvalue weighted by molar-refractivity contribution is 5.81. The second kappa shape index (κ2) is 5.77. The third-order valence-corrected chi connectivity index (χ3v) is 2.97. The van der Waals surface area contributed by atoms with Crippen LogP contribution in [0.1, 0.15) is 12.5 Å². The lowest BCUT2D eigenvalue weighted by Crippen LogP contribution is -2.34. The first-order valence-electron chi connectivity index (χ1n) is 6.25. The average Bonchev–Trinajstić information content (AvgIpc) is 2.42. The number of hydrogen-bond donors (Lipinski definition) is 1. The number of ether oxygens (including phenoxy) is 1. The topological polar surface area (TPSA) is 59.7 Å². The number of aliphatic hydroxyl groups is 1. The van der Waals surface area contributed by atoms with E-state index in [4.69, 9.17) is 14.3 Å². The number of benzene rings is 1. The SMILES string of the molecule is CCc1cc(=O)oc2cc(OC[C@@H](O)C(F)(F)F)ccc12. The molecule has 2 aromatic rings. The number of fused-ring (bicyclic) bond motifs is 1. The Morgan fingerprint density at radius 3 is 2.67 bits per heavy atom. The minimum Gasteiger partial charge on any atom is -0.490 e. The van der Waals surface area contributed by atoms with Crippen molar-refractivity contribution in [3.63, 3.8) is 0 Å². The van der Waals surface area contributed by atoms with E-state index in [1.54, 1.807) is 6.07 Å². The molecule has 0 radical (unpaired) electrons. The van der Waals surface area contributed by atoms with E-state index in [0.29, 0.717) is 11.8 Å². The molecule has 7 heteroatoms. The van der Waals surface area contributed by atoms with E-state index in [-0.39, 0.29) is 11.3 Å². The molecule has 1 aromatic carbocycles. The molecule has 114 valence electrons. The third-order valence-electron chi connectivity index (χ3n) is 2.97. The Morgan fingerprint density at radius 1 is 1.33 bits per heavy atom. The van der Waals surface area contributed by atoms with Gasteiger partial charge in [-0.15, -0.1) is 0 Å². The predicted octanol–water partition coefficient (Wildman–Crippen LogP) is 2.66. The molecule has 0 aliphatic rings. The predicted molar refractivity (Wildman–Crippen MR) is 69.4 cm³/mol. The Morgan fingerprint density at radius 2 is 2.05 bits per heavy atom. The van der Waals surface area contributed by atoms with Crippen molar-refractivity contribution in [2.75, 3.05) is 6.61 Å². The van der Waals surface area contributed by atoms with Crippen molar-refractivity contribution in [2.24, 2.45) is 0 Å². The van der Waals surface area contributed by atoms with E-state index in [9.17, 15) is 18.0 Å². The van der Waals surface area contributed by atoms with Crippen LogP contribution in [0.3, 0.4) is 0 Å². The molecule has 21 heavy (non-hydrogen) atoms. The number of hydrogen-bond acceptors (Lipinski definition) is 4. The van der Waals surface area contributed by atoms with Gasteiger partial charge in [-0.3, -0.25) is 0 Å². The zero-order valence-electron chi connectivity index (χ0n) is 11.1. The van der Waals surface area contributed by atoms with Crippen LogP contribution in [0, 0.1) is 0 Å². The maximum atomic E-state index is 12.2. The molecular weight excluding hydrogens is 289 g/mol. The quantitative estimate of drug-likeness (QED) is 0.882. The first-order chi connectivity index (χ1) is 9.81. The molecule has 1 heterocycles. The number of halogens is 3. The Bertz CT molecular complexity index is 691. The molecule has 0 spiro atoms. The number of alkyl halides is 3. The smallest absolute Gasteiger partial charge is 0.417 e. The highest BCUT2D eigenvalue weighted by atomic mass is 19.4. The van der Waals surface area contributed by atoms with Crippen LogP contribution in [0.2, 0.25) is 0 Å². The Hall–Kier alpha value is -2.02. The zero-order valence-corrected chi connectivity index (χ0v) is 11.1. The largest absolute Gasteiger partial charge is 0.490 e. The van der Waals surface area contributed by atoms with Gasteiger partial charge in [-0.2, -0.15) is 13.2 Å². The van der Waals surface area contributed by atoms with E-state index < -0.39 is 24.5 Å². The number of rotatable bonds is 4. The van der Waals surface area contributed by atoms with Crippen molar-refractivity contribution >= 4 is 11.0 Å². The first-order valence-corrected chi connectivity index (χ1v) is 6.25. The monoisotopic (exact) mass is 302 g/mol. The Kier molecular flexibility index (Phi) is 4.22. The number of aliphatic hydroxyl groups excluding tert-OH is 1. The van der Waals surface area contributed by atoms with Gasteiger partial charge in [0.2, 0.25) is 0 Å². The van der Waals surface area contributed by atoms with Crippen LogP contribution in [0.15, 0.2) is 33.5 Å². The third kappa shape index (κ3) is 3.55. The molecule has 1 aromatic heterocycles. The first kappa shape index (κ1) is 15.4. The summed E-state index contributed by atoms with van der Waals surface area (Å²) < 4.78 is 46.4. The van der Waals surface area contributed by atoms with Gasteiger partial charge in [0.05, 0.1) is 0 Å². The van der Waals surface area contributed by atoms with E-state index in [1.807, 2.05) is 6.92 Å². The maximum absolute atomic E-state index is 12.2. The molecule has 4 nitrogen and oxygen atoms in total. The summed E-state index contributed by atoms with van der Waals surface area (Å²) in [6, 6.07) is 5.77. The van der Waals surface area contributed by atoms with Crippen LogP contribution in [0.5, 0.6) is 5.75 Å². The fourth-order valence-electron chi connectivity index (χ4n) is 1.86. The number of aryl methyl sites for hydroxylation is 1. The van der Waals surface area contributed by atoms with Crippen LogP contribution in [0.4, 0.5) is 13.2 Å². The molecule has 0 aliphatic heterocycles. The van der Waals surface area contributed by atoms with Crippen LogP contribution >= 0.6 is 0 Å². The molecule has 0 saturated heterocycles. The van der Waals surface area contributed by atoms with Crippen molar-refractivity contribution in [2.45, 2.75) is 25.6 Å². The van der Waals surface area contributed by atoms with E-state index in [2.05, 4.69) is 0 Å². The van der Waals surface area contributed by atoms with Gasteiger partial charge in [0.15, 0.2) is 6.10 Å². The Labute approximate surface area is 117 Å². The van der Waals surface area contributed by atoms with Crippen molar-refractivity contribution in [1.29, 1.82) is 0 Å². The van der Waals surface area contributed by atoms with Crippen LogP contribution in [-0.2, 0) is 6.42 Å². The molecular formula is C14H13F3O4. The molecule has 0 amide bonds. The molecule has 0 aliphatic carbocycles. The summed E-state index contributed by atoms with van der Waals surface area (Å²) in [4.78, 5) is 11.4. The summed E-state index contributed by atoms with van der Waals surface area (Å²) in [5, 5.41) is 9.56. The maximum Gasteiger partial charge on any atom is 0.417 e. The highest BCUT2D eigenvalue weighted by Gasteiger charge is 2.38. The lowest BCUT2D eigenvalue weighted by Gasteiger charge is -2.15. The lowest BCUT2D eigenvalue weighted by atomic mass is 10.1. The van der Waals surface area contributed by atoms with Gasteiger partial charge in [-0.05, 0) is 24.1 Å². The average molecular weight is 302 g/mol. The molecule has 0 bridgehead atoms. The molecule has 0 unspecified atom stereocenters. The van der Waals surface area contributed by atoms with Crippen LogP contribution < -0.4 is 10.4 Å². The summed E-state index contributed by atoms with van der Waals surface area (Å²) in [6.45, 7) is 0.949. The van der Waals surface area contributed by atoms with Crippen LogP contribution in [0.25, 0.3) is 11.0 Å². The van der Waals surface area contributed by atoms with E-state index in [1.165, 1.54) is 18.2 Å². The molecule has 0 fully saturated rings. The van der Waals surface area contributed by atoms with Gasteiger partial charge >= 0.3 is 11.8 Å². The van der Waals surface area contributed by atoms with Gasteiger partial charge in [0.25, 0.3) is 0 Å². The minimum atomic E-state index is -4.74. The lowest BCUT2D eigenvalue weighted by molar-refractivity contribution is -0.210. The molecule has 1 atom stereocenters. The fraction of sp³-hybridized carbons (Fsp3) is 0.357. The Balaban J connectivity index is 2.25. The standard InChI is InChI=1S/C14H13F3O4/c1-2-8-5-13(19)21-11-6-9(3-4-10(8)11)20-7-12(18)14(15,16)17/h3-6,12,18H,2,7H2,1H3/t12-/m1/s1. The van der Waals surface area contributed by atoms with Gasteiger partial charge in [-0.25, -0.2) is 4.79 Å². The summed E-state index contributed by atoms with van der Waals surface area (Å²) >= 11 is 0. The van der Waals surface area contributed by atoms with Gasteiger partial charge < -0.3 is 14.3 Å². The molecule has 2 rings (SSSR count). The minimum absolute atomic E-state index is 0.0854. The second-order valence-corrected chi connectivity index (χ2v) is 4.47. The normalized spacial score (nSPS) is 13.4. The van der Waals surface area contributed by atoms with E-state index >= 15 is 0 Å². The molecule has 1 N–H and O–H groups in total. The van der Waals surface area contributed by atoms with Crippen molar-refractivity contribution in [3.05, 3.63) is 40.2 Å². The summed E-state index contributed by atoms with van der Waals surface area (Å²) in [5.41, 5.74) is 0.480. The van der Waals surface area contributed by atoms with Gasteiger partial charge in [-0.1, -0.05) is 6.92 Å². The van der Waals surface area contributed by atoms with E-state index in [0.717, 1.165) is 5.56 Å². The van der Waals surface area contributed by atoms with Crippen molar-refractivity contribution in [3.8, 4) is 5.75 Å². The zero-order chi connectivity index (χ0) is 15.6. The summed E-state index contributed by atoms with van der Waals surface area (Å²) in [5.74, 6) is 0.0854. The fourth-order valence-corrected chi connectivity index (χ4v) is 1.86. The highest BCUT2D eigenvalue weighted by Crippen LogP contribution is 2.25. The van der Waals surface area contributed by atoms with Crippen molar-refractivity contribution < 1.29 is 27.4 Å². The summed E-state index contributed by atoms with van der Waals surface area (Å²) in [7, 11) is 0. The van der Waals surface area contributed by atoms with Gasteiger partial charge in [0.1, 0.15) is 17.9 Å². The van der Waals surface area contributed by atoms with Crippen LogP contribution in [-0.4, -0.2) is 24.0 Å². The molecule has 0 saturated carbocycles.